The Kier molecular flexibility index (Phi) is 3.18. The molecule has 0 atom stereocenters. The van der Waals surface area contributed by atoms with Crippen molar-refractivity contribution in [1.29, 1.82) is 0 Å². The molecule has 2 aromatic heterocycles. The highest BCUT2D eigenvalue weighted by molar-refractivity contribution is 5.76. The van der Waals surface area contributed by atoms with Crippen LogP contribution in [0.5, 0.6) is 0 Å². The first-order chi connectivity index (χ1) is 9.43. The van der Waals surface area contributed by atoms with E-state index in [1.165, 1.54) is 6.33 Å². The standard InChI is InChI=1S/C8H6N2.C6H5N3/c1-2-4-8-7(3-1)5-9-6-10-8;1-2-8-6-5(1)3-7-4-9-6/h1-6H;2-4H,1H2. The van der Waals surface area contributed by atoms with Gasteiger partial charge in [0.25, 0.3) is 0 Å². The summed E-state index contributed by atoms with van der Waals surface area (Å²) in [4.78, 5) is 19.8. The van der Waals surface area contributed by atoms with Crippen molar-refractivity contribution in [2.24, 2.45) is 4.99 Å². The minimum Gasteiger partial charge on any atom is -0.244 e. The van der Waals surface area contributed by atoms with E-state index >= 15 is 0 Å². The fourth-order valence-corrected chi connectivity index (χ4v) is 1.77. The first-order valence-corrected chi connectivity index (χ1v) is 5.89. The van der Waals surface area contributed by atoms with Crippen LogP contribution in [-0.4, -0.2) is 26.2 Å². The van der Waals surface area contributed by atoms with Crippen molar-refractivity contribution in [2.45, 2.75) is 6.42 Å². The second-order valence-electron chi connectivity index (χ2n) is 3.97. The van der Waals surface area contributed by atoms with Gasteiger partial charge in [0.1, 0.15) is 12.7 Å². The van der Waals surface area contributed by atoms with Crippen LogP contribution in [0.2, 0.25) is 0 Å². The quantitative estimate of drug-likeness (QED) is 0.613. The van der Waals surface area contributed by atoms with Crippen LogP contribution in [0.4, 0.5) is 5.82 Å². The molecule has 3 heterocycles. The zero-order valence-electron chi connectivity index (χ0n) is 10.1. The first-order valence-electron chi connectivity index (χ1n) is 5.89. The Bertz CT molecular complexity index is 658. The van der Waals surface area contributed by atoms with E-state index in [9.17, 15) is 0 Å². The summed E-state index contributed by atoms with van der Waals surface area (Å²) in [5.41, 5.74) is 2.12. The maximum absolute atomic E-state index is 4.07. The molecule has 0 saturated heterocycles. The van der Waals surface area contributed by atoms with Gasteiger partial charge in [-0.3, -0.25) is 0 Å². The number of aromatic nitrogens is 4. The van der Waals surface area contributed by atoms with E-state index in [1.807, 2.05) is 36.7 Å². The van der Waals surface area contributed by atoms with Gasteiger partial charge in [-0.15, -0.1) is 0 Å². The van der Waals surface area contributed by atoms with Crippen LogP contribution in [0.1, 0.15) is 5.56 Å². The number of para-hydroxylation sites is 1. The summed E-state index contributed by atoms with van der Waals surface area (Å²) in [5, 5.41) is 1.09. The Balaban J connectivity index is 0.000000117. The van der Waals surface area contributed by atoms with Crippen molar-refractivity contribution >= 4 is 22.9 Å². The minimum absolute atomic E-state index is 0.824. The minimum atomic E-state index is 0.824. The third kappa shape index (κ3) is 2.60. The molecule has 4 rings (SSSR count). The summed E-state index contributed by atoms with van der Waals surface area (Å²) in [7, 11) is 0. The highest BCUT2D eigenvalue weighted by Gasteiger charge is 2.04. The molecule has 0 unspecified atom stereocenters. The largest absolute Gasteiger partial charge is 0.244 e. The molecule has 0 radical (unpaired) electrons. The van der Waals surface area contributed by atoms with Gasteiger partial charge in [0, 0.05) is 36.0 Å². The molecule has 0 spiro atoms. The molecule has 5 nitrogen and oxygen atoms in total. The van der Waals surface area contributed by atoms with E-state index in [4.69, 9.17) is 0 Å². The summed E-state index contributed by atoms with van der Waals surface area (Å²) in [6, 6.07) is 7.91. The van der Waals surface area contributed by atoms with Crippen LogP contribution in [0, 0.1) is 0 Å². The summed E-state index contributed by atoms with van der Waals surface area (Å²) < 4.78 is 0. The SMILES string of the molecule is C1=Nc2ncncc2C1.c1ccc2ncncc2c1. The van der Waals surface area contributed by atoms with Crippen molar-refractivity contribution < 1.29 is 0 Å². The smallest absolute Gasteiger partial charge is 0.158 e. The maximum atomic E-state index is 4.07. The van der Waals surface area contributed by atoms with Gasteiger partial charge in [0.15, 0.2) is 5.82 Å². The normalized spacial score (nSPS) is 11.8. The van der Waals surface area contributed by atoms with Gasteiger partial charge >= 0.3 is 0 Å². The second-order valence-corrected chi connectivity index (χ2v) is 3.97. The zero-order chi connectivity index (χ0) is 12.9. The summed E-state index contributed by atoms with van der Waals surface area (Å²) in [6.07, 6.45) is 9.41. The Morgan fingerprint density at radius 1 is 0.895 bits per heavy atom. The van der Waals surface area contributed by atoms with Gasteiger partial charge in [0.2, 0.25) is 0 Å². The van der Waals surface area contributed by atoms with E-state index in [0.29, 0.717) is 0 Å². The van der Waals surface area contributed by atoms with Crippen molar-refractivity contribution in [2.75, 3.05) is 0 Å². The lowest BCUT2D eigenvalue weighted by Crippen LogP contribution is -1.82. The number of hydrogen-bond acceptors (Lipinski definition) is 5. The average Bonchev–Trinajstić information content (AvgIpc) is 2.96. The number of nitrogens with zero attached hydrogens (tertiary/aromatic N) is 5. The van der Waals surface area contributed by atoms with E-state index in [2.05, 4.69) is 24.9 Å². The highest BCUT2D eigenvalue weighted by Crippen LogP contribution is 2.17. The molecular weight excluding hydrogens is 238 g/mol. The molecule has 1 aromatic carbocycles. The highest BCUT2D eigenvalue weighted by atomic mass is 15.0. The molecule has 0 N–H and O–H groups in total. The van der Waals surface area contributed by atoms with E-state index in [0.717, 1.165) is 28.7 Å². The average molecular weight is 249 g/mol. The molecule has 0 aliphatic carbocycles. The van der Waals surface area contributed by atoms with Gasteiger partial charge in [0.05, 0.1) is 5.52 Å². The Morgan fingerprint density at radius 2 is 1.74 bits per heavy atom. The number of benzene rings is 1. The first kappa shape index (κ1) is 11.4. The topological polar surface area (TPSA) is 63.9 Å². The molecule has 1 aliphatic heterocycles. The van der Waals surface area contributed by atoms with E-state index in [-0.39, 0.29) is 0 Å². The Labute approximate surface area is 110 Å². The molecule has 19 heavy (non-hydrogen) atoms. The van der Waals surface area contributed by atoms with E-state index in [1.54, 1.807) is 12.5 Å². The van der Waals surface area contributed by atoms with Gasteiger partial charge in [-0.1, -0.05) is 18.2 Å². The summed E-state index contributed by atoms with van der Waals surface area (Å²) >= 11 is 0. The van der Waals surface area contributed by atoms with E-state index < -0.39 is 0 Å². The lowest BCUT2D eigenvalue weighted by molar-refractivity contribution is 1.12. The van der Waals surface area contributed by atoms with Crippen LogP contribution in [0.25, 0.3) is 10.9 Å². The van der Waals surface area contributed by atoms with Gasteiger partial charge in [-0.25, -0.2) is 24.9 Å². The zero-order valence-corrected chi connectivity index (χ0v) is 10.1. The lowest BCUT2D eigenvalue weighted by atomic mass is 10.2. The number of aliphatic imine (C=N–C) groups is 1. The van der Waals surface area contributed by atoms with Gasteiger partial charge in [-0.05, 0) is 6.07 Å². The molecule has 5 heteroatoms. The van der Waals surface area contributed by atoms with Crippen LogP contribution >= 0.6 is 0 Å². The number of hydrogen-bond donors (Lipinski definition) is 0. The van der Waals surface area contributed by atoms with Crippen LogP contribution in [0.3, 0.4) is 0 Å². The molecule has 92 valence electrons. The molecule has 3 aromatic rings. The second kappa shape index (κ2) is 5.30. The van der Waals surface area contributed by atoms with Crippen LogP contribution in [0.15, 0.2) is 54.3 Å². The van der Waals surface area contributed by atoms with Crippen LogP contribution in [-0.2, 0) is 6.42 Å². The molecule has 0 bridgehead atoms. The van der Waals surface area contributed by atoms with Crippen molar-refractivity contribution in [3.05, 3.63) is 54.9 Å². The lowest BCUT2D eigenvalue weighted by Gasteiger charge is -1.90. The third-order valence-electron chi connectivity index (χ3n) is 2.70. The molecule has 0 saturated carbocycles. The predicted molar refractivity (Wildman–Crippen MR) is 73.4 cm³/mol. The van der Waals surface area contributed by atoms with Crippen LogP contribution < -0.4 is 0 Å². The molecular formula is C14H11N5. The van der Waals surface area contributed by atoms with Crippen molar-refractivity contribution in [1.82, 2.24) is 19.9 Å². The predicted octanol–water partition coefficient (Wildman–Crippen LogP) is 2.36. The summed E-state index contributed by atoms with van der Waals surface area (Å²) in [5.74, 6) is 0.824. The fraction of sp³-hybridized carbons (Fsp3) is 0.0714. The fourth-order valence-electron chi connectivity index (χ4n) is 1.77. The van der Waals surface area contributed by atoms with Gasteiger partial charge < -0.3 is 0 Å². The van der Waals surface area contributed by atoms with Gasteiger partial charge in [-0.2, -0.15) is 0 Å². The molecule has 0 amide bonds. The van der Waals surface area contributed by atoms with Crippen molar-refractivity contribution in [3.63, 3.8) is 0 Å². The Morgan fingerprint density at radius 3 is 2.63 bits per heavy atom. The third-order valence-corrected chi connectivity index (χ3v) is 2.70. The van der Waals surface area contributed by atoms with Crippen molar-refractivity contribution in [3.8, 4) is 0 Å². The molecule has 1 aliphatic rings. The molecule has 0 fully saturated rings. The number of fused-ring (bicyclic) bond motifs is 2. The monoisotopic (exact) mass is 249 g/mol. The number of rotatable bonds is 0. The maximum Gasteiger partial charge on any atom is 0.158 e. The summed E-state index contributed by atoms with van der Waals surface area (Å²) in [6.45, 7) is 0. The Hall–Kier alpha value is -2.69.